The normalized spacial score (nSPS) is 10.2. The molecule has 0 saturated heterocycles. The number of pyridine rings is 1. The summed E-state index contributed by atoms with van der Waals surface area (Å²) in [5.41, 5.74) is 1.25. The topological polar surface area (TPSA) is 125 Å². The van der Waals surface area contributed by atoms with Crippen LogP contribution in [-0.2, 0) is 51.2 Å². The zero-order chi connectivity index (χ0) is 19.0. The molecule has 0 bridgehead atoms. The summed E-state index contributed by atoms with van der Waals surface area (Å²) in [6.45, 7) is 1.37. The number of hydrogen-bond acceptors (Lipinski definition) is 11. The van der Waals surface area contributed by atoms with Crippen LogP contribution >= 0.6 is 0 Å². The number of rotatable bonds is 16. The molecule has 0 atom stereocenters. The highest BCUT2D eigenvalue weighted by Crippen LogP contribution is 2.07. The van der Waals surface area contributed by atoms with Gasteiger partial charge in [-0.15, -0.1) is 0 Å². The van der Waals surface area contributed by atoms with Crippen molar-refractivity contribution in [2.75, 3.05) is 26.9 Å². The van der Waals surface area contributed by atoms with Crippen molar-refractivity contribution in [3.63, 3.8) is 0 Å². The summed E-state index contributed by atoms with van der Waals surface area (Å²) in [5.74, 6) is 0. The molecule has 0 fully saturated rings. The van der Waals surface area contributed by atoms with Crippen LogP contribution in [0.2, 0.25) is 0 Å². The Morgan fingerprint density at radius 2 is 1.04 bits per heavy atom. The summed E-state index contributed by atoms with van der Waals surface area (Å²) in [7, 11) is 0. The first-order valence-corrected chi connectivity index (χ1v) is 7.34. The second-order valence-corrected chi connectivity index (χ2v) is 4.85. The van der Waals surface area contributed by atoms with Crippen LogP contribution in [0.3, 0.4) is 0 Å². The van der Waals surface area contributed by atoms with Gasteiger partial charge < -0.3 is 18.9 Å². The summed E-state index contributed by atoms with van der Waals surface area (Å²) in [6, 6.07) is 5.25. The molecule has 26 heavy (non-hydrogen) atoms. The SMILES string of the molecule is O=COCN(COC=O)Cc1cccc(CN(COC=O)COC=O)n1. The van der Waals surface area contributed by atoms with E-state index < -0.39 is 0 Å². The van der Waals surface area contributed by atoms with Crippen LogP contribution in [0.4, 0.5) is 0 Å². The second-order valence-electron chi connectivity index (χ2n) is 4.85. The highest BCUT2D eigenvalue weighted by molar-refractivity contribution is 5.37. The van der Waals surface area contributed by atoms with Gasteiger partial charge in [-0.25, -0.2) is 9.80 Å². The molecule has 1 aromatic heterocycles. The fourth-order valence-electron chi connectivity index (χ4n) is 1.96. The molecule has 0 amide bonds. The number of hydrogen-bond donors (Lipinski definition) is 0. The maximum absolute atomic E-state index is 10.3. The van der Waals surface area contributed by atoms with Crippen LogP contribution in [-0.4, -0.2) is 67.6 Å². The average Bonchev–Trinajstić information content (AvgIpc) is 2.66. The standard InChI is InChI=1S/C15H19N3O8/c19-10-23-6-17(7-24-11-20)4-14-2-1-3-15(16-14)5-18(8-25-12-21)9-26-13-22/h1-3,10-13H,4-9H2. The molecule has 1 rings (SSSR count). The van der Waals surface area contributed by atoms with Crippen molar-refractivity contribution in [3.8, 4) is 0 Å². The average molecular weight is 369 g/mol. The third-order valence-corrected chi connectivity index (χ3v) is 2.94. The van der Waals surface area contributed by atoms with Gasteiger partial charge in [0.15, 0.2) is 0 Å². The summed E-state index contributed by atoms with van der Waals surface area (Å²) < 4.78 is 18.7. The fourth-order valence-corrected chi connectivity index (χ4v) is 1.96. The van der Waals surface area contributed by atoms with Gasteiger partial charge in [0.2, 0.25) is 0 Å². The molecule has 0 aliphatic heterocycles. The van der Waals surface area contributed by atoms with Crippen molar-refractivity contribution in [2.24, 2.45) is 0 Å². The van der Waals surface area contributed by atoms with Gasteiger partial charge in [-0.05, 0) is 12.1 Å². The summed E-state index contributed by atoms with van der Waals surface area (Å²) >= 11 is 0. The number of carbonyl (C=O) groups is 4. The van der Waals surface area contributed by atoms with Gasteiger partial charge in [0, 0.05) is 13.1 Å². The molecule has 1 aromatic rings. The Balaban J connectivity index is 2.73. The Morgan fingerprint density at radius 3 is 1.35 bits per heavy atom. The number of ether oxygens (including phenoxy) is 4. The fraction of sp³-hybridized carbons (Fsp3) is 0.400. The summed E-state index contributed by atoms with van der Waals surface area (Å²) in [6.07, 6.45) is 0. The highest BCUT2D eigenvalue weighted by atomic mass is 16.6. The maximum Gasteiger partial charge on any atom is 0.294 e. The second kappa shape index (κ2) is 13.3. The largest absolute Gasteiger partial charge is 0.452 e. The summed E-state index contributed by atoms with van der Waals surface area (Å²) in [4.78, 5) is 48.8. The molecular formula is C15H19N3O8. The van der Waals surface area contributed by atoms with Crippen molar-refractivity contribution in [3.05, 3.63) is 29.6 Å². The molecule has 0 spiro atoms. The van der Waals surface area contributed by atoms with Crippen molar-refractivity contribution >= 4 is 25.9 Å². The van der Waals surface area contributed by atoms with E-state index in [0.717, 1.165) is 0 Å². The predicted molar refractivity (Wildman–Crippen MR) is 83.4 cm³/mol. The number of aromatic nitrogens is 1. The first-order valence-electron chi connectivity index (χ1n) is 7.34. The van der Waals surface area contributed by atoms with Gasteiger partial charge in [-0.1, -0.05) is 6.07 Å². The molecule has 0 aliphatic carbocycles. The molecule has 0 unspecified atom stereocenters. The van der Waals surface area contributed by atoms with E-state index in [4.69, 9.17) is 0 Å². The van der Waals surface area contributed by atoms with Gasteiger partial charge in [0.25, 0.3) is 25.9 Å². The van der Waals surface area contributed by atoms with E-state index in [-0.39, 0.29) is 65.9 Å². The van der Waals surface area contributed by atoms with E-state index in [1.54, 1.807) is 18.2 Å². The Hall–Kier alpha value is -3.05. The molecular weight excluding hydrogens is 350 g/mol. The van der Waals surface area contributed by atoms with E-state index in [0.29, 0.717) is 11.4 Å². The molecule has 11 nitrogen and oxygen atoms in total. The first kappa shape index (κ1) is 21.0. The van der Waals surface area contributed by atoms with Crippen molar-refractivity contribution in [2.45, 2.75) is 13.1 Å². The van der Waals surface area contributed by atoms with E-state index in [1.807, 2.05) is 0 Å². The lowest BCUT2D eigenvalue weighted by Gasteiger charge is -2.21. The highest BCUT2D eigenvalue weighted by Gasteiger charge is 2.11. The molecule has 0 aliphatic rings. The van der Waals surface area contributed by atoms with Gasteiger partial charge in [-0.3, -0.25) is 24.2 Å². The first-order chi connectivity index (χ1) is 12.7. The van der Waals surface area contributed by atoms with E-state index in [2.05, 4.69) is 23.9 Å². The third-order valence-electron chi connectivity index (χ3n) is 2.94. The van der Waals surface area contributed by atoms with Crippen LogP contribution in [0, 0.1) is 0 Å². The van der Waals surface area contributed by atoms with Crippen LogP contribution in [0.1, 0.15) is 11.4 Å². The Labute approximate surface area is 149 Å². The van der Waals surface area contributed by atoms with Crippen molar-refractivity contribution < 1.29 is 38.1 Å². The van der Waals surface area contributed by atoms with Crippen molar-refractivity contribution in [1.82, 2.24) is 14.8 Å². The smallest absolute Gasteiger partial charge is 0.294 e. The summed E-state index contributed by atoms with van der Waals surface area (Å²) in [5, 5.41) is 0. The van der Waals surface area contributed by atoms with E-state index in [1.165, 1.54) is 9.80 Å². The minimum absolute atomic E-state index is 0.0737. The molecule has 1 heterocycles. The lowest BCUT2D eigenvalue weighted by Crippen LogP contribution is -2.30. The molecule has 11 heteroatoms. The molecule has 0 saturated carbocycles. The maximum atomic E-state index is 10.3. The van der Waals surface area contributed by atoms with Gasteiger partial charge >= 0.3 is 0 Å². The van der Waals surface area contributed by atoms with Gasteiger partial charge in [0.05, 0.1) is 11.4 Å². The predicted octanol–water partition coefficient (Wildman–Crippen LogP) is -0.792. The van der Waals surface area contributed by atoms with Crippen LogP contribution in [0.15, 0.2) is 18.2 Å². The lowest BCUT2D eigenvalue weighted by atomic mass is 10.3. The number of nitrogens with zero attached hydrogens (tertiary/aromatic N) is 3. The minimum atomic E-state index is -0.0737. The number of carbonyl (C=O) groups excluding carboxylic acids is 4. The Morgan fingerprint density at radius 1 is 0.692 bits per heavy atom. The molecule has 142 valence electrons. The van der Waals surface area contributed by atoms with Gasteiger partial charge in [0.1, 0.15) is 26.9 Å². The molecule has 0 N–H and O–H groups in total. The van der Waals surface area contributed by atoms with E-state index >= 15 is 0 Å². The molecule has 0 radical (unpaired) electrons. The minimum Gasteiger partial charge on any atom is -0.452 e. The van der Waals surface area contributed by atoms with E-state index in [9.17, 15) is 19.2 Å². The van der Waals surface area contributed by atoms with Crippen LogP contribution in [0.25, 0.3) is 0 Å². The van der Waals surface area contributed by atoms with Gasteiger partial charge in [-0.2, -0.15) is 0 Å². The zero-order valence-electron chi connectivity index (χ0n) is 13.9. The monoisotopic (exact) mass is 369 g/mol. The molecule has 0 aromatic carbocycles. The Bertz CT molecular complexity index is 502. The third kappa shape index (κ3) is 8.70. The van der Waals surface area contributed by atoms with Crippen LogP contribution in [0.5, 0.6) is 0 Å². The lowest BCUT2D eigenvalue weighted by molar-refractivity contribution is -0.143. The zero-order valence-corrected chi connectivity index (χ0v) is 13.9. The van der Waals surface area contributed by atoms with Crippen LogP contribution < -0.4 is 0 Å². The quantitative estimate of drug-likeness (QED) is 0.207. The van der Waals surface area contributed by atoms with Crippen molar-refractivity contribution in [1.29, 1.82) is 0 Å². The Kier molecular flexibility index (Phi) is 10.7.